The lowest BCUT2D eigenvalue weighted by Gasteiger charge is -2.16. The number of fused-ring (bicyclic) bond motifs is 1. The molecule has 0 fully saturated rings. The summed E-state index contributed by atoms with van der Waals surface area (Å²) < 4.78 is 0. The highest BCUT2D eigenvalue weighted by atomic mass is 16.2. The van der Waals surface area contributed by atoms with E-state index in [-0.39, 0.29) is 17.4 Å². The number of rotatable bonds is 4. The van der Waals surface area contributed by atoms with Gasteiger partial charge in [0.2, 0.25) is 11.5 Å². The SMILES string of the molecule is CCC(C(=O)Nc1ccc2c(C)cc(=O)[nH]c2c1)c1ccccc1. The molecule has 0 aliphatic heterocycles. The highest BCUT2D eigenvalue weighted by Crippen LogP contribution is 2.23. The van der Waals surface area contributed by atoms with Crippen LogP contribution in [-0.4, -0.2) is 10.9 Å². The van der Waals surface area contributed by atoms with Crippen LogP contribution in [-0.2, 0) is 4.79 Å². The van der Waals surface area contributed by atoms with Crippen molar-refractivity contribution in [2.24, 2.45) is 0 Å². The Balaban J connectivity index is 1.88. The summed E-state index contributed by atoms with van der Waals surface area (Å²) in [6.07, 6.45) is 0.722. The van der Waals surface area contributed by atoms with Crippen molar-refractivity contribution in [1.82, 2.24) is 4.98 Å². The van der Waals surface area contributed by atoms with E-state index in [4.69, 9.17) is 0 Å². The molecule has 0 radical (unpaired) electrons. The Bertz CT molecular complexity index is 929. The fourth-order valence-electron chi connectivity index (χ4n) is 3.00. The quantitative estimate of drug-likeness (QED) is 0.764. The van der Waals surface area contributed by atoms with Crippen LogP contribution in [0.25, 0.3) is 10.9 Å². The van der Waals surface area contributed by atoms with E-state index < -0.39 is 0 Å². The first-order valence-corrected chi connectivity index (χ1v) is 8.08. The number of pyridine rings is 1. The van der Waals surface area contributed by atoms with Crippen LogP contribution >= 0.6 is 0 Å². The maximum atomic E-state index is 12.6. The van der Waals surface area contributed by atoms with E-state index in [9.17, 15) is 9.59 Å². The Morgan fingerprint density at radius 1 is 1.12 bits per heavy atom. The zero-order valence-electron chi connectivity index (χ0n) is 13.8. The average molecular weight is 320 g/mol. The van der Waals surface area contributed by atoms with Gasteiger partial charge in [-0.2, -0.15) is 0 Å². The first-order chi connectivity index (χ1) is 11.6. The number of amides is 1. The summed E-state index contributed by atoms with van der Waals surface area (Å²) in [5.41, 5.74) is 3.19. The number of anilines is 1. The van der Waals surface area contributed by atoms with Gasteiger partial charge in [-0.3, -0.25) is 9.59 Å². The molecule has 2 N–H and O–H groups in total. The molecule has 1 heterocycles. The second kappa shape index (κ2) is 6.71. The Hall–Kier alpha value is -2.88. The molecule has 0 bridgehead atoms. The van der Waals surface area contributed by atoms with E-state index in [1.54, 1.807) is 12.1 Å². The maximum absolute atomic E-state index is 12.6. The molecule has 122 valence electrons. The zero-order valence-corrected chi connectivity index (χ0v) is 13.8. The molecule has 1 unspecified atom stereocenters. The first kappa shape index (κ1) is 16.0. The largest absolute Gasteiger partial charge is 0.325 e. The molecular weight excluding hydrogens is 300 g/mol. The number of hydrogen-bond acceptors (Lipinski definition) is 2. The predicted octanol–water partition coefficient (Wildman–Crippen LogP) is 3.97. The van der Waals surface area contributed by atoms with Gasteiger partial charge in [-0.05, 0) is 36.6 Å². The van der Waals surface area contributed by atoms with Gasteiger partial charge in [0, 0.05) is 17.1 Å². The number of aromatic amines is 1. The molecule has 0 aliphatic carbocycles. The van der Waals surface area contributed by atoms with Crippen molar-refractivity contribution in [3.8, 4) is 0 Å². The third-order valence-corrected chi connectivity index (χ3v) is 4.24. The lowest BCUT2D eigenvalue weighted by molar-refractivity contribution is -0.117. The monoisotopic (exact) mass is 320 g/mol. The number of aryl methyl sites for hydroxylation is 1. The standard InChI is InChI=1S/C20H20N2O2/c1-3-16(14-7-5-4-6-8-14)20(24)21-15-9-10-17-13(2)11-19(23)22-18(17)12-15/h4-12,16H,3H2,1-2H3,(H,21,24)(H,22,23). The fraction of sp³-hybridized carbons (Fsp3) is 0.200. The molecule has 0 saturated heterocycles. The second-order valence-electron chi connectivity index (χ2n) is 5.94. The van der Waals surface area contributed by atoms with Crippen LogP contribution in [0.5, 0.6) is 0 Å². The van der Waals surface area contributed by atoms with Crippen molar-refractivity contribution in [2.45, 2.75) is 26.2 Å². The van der Waals surface area contributed by atoms with E-state index in [2.05, 4.69) is 10.3 Å². The summed E-state index contributed by atoms with van der Waals surface area (Å²) in [6.45, 7) is 3.90. The Labute approximate surface area is 140 Å². The van der Waals surface area contributed by atoms with Crippen LogP contribution < -0.4 is 10.9 Å². The Morgan fingerprint density at radius 3 is 2.58 bits per heavy atom. The van der Waals surface area contributed by atoms with Gasteiger partial charge < -0.3 is 10.3 Å². The van der Waals surface area contributed by atoms with Gasteiger partial charge in [0.15, 0.2) is 0 Å². The van der Waals surface area contributed by atoms with Gasteiger partial charge in [0.25, 0.3) is 0 Å². The summed E-state index contributed by atoms with van der Waals surface area (Å²) in [5.74, 6) is -0.239. The summed E-state index contributed by atoms with van der Waals surface area (Å²) in [6, 6.07) is 16.9. The third-order valence-electron chi connectivity index (χ3n) is 4.24. The Morgan fingerprint density at radius 2 is 1.88 bits per heavy atom. The smallest absolute Gasteiger partial charge is 0.248 e. The molecule has 1 atom stereocenters. The maximum Gasteiger partial charge on any atom is 0.248 e. The van der Waals surface area contributed by atoms with E-state index in [0.29, 0.717) is 5.69 Å². The molecule has 24 heavy (non-hydrogen) atoms. The van der Waals surface area contributed by atoms with Crippen LogP contribution in [0.3, 0.4) is 0 Å². The molecule has 4 nitrogen and oxygen atoms in total. The van der Waals surface area contributed by atoms with Gasteiger partial charge in [-0.1, -0.05) is 43.3 Å². The van der Waals surface area contributed by atoms with Crippen LogP contribution in [0.2, 0.25) is 0 Å². The molecule has 1 aromatic heterocycles. The minimum absolute atomic E-state index is 0.0435. The van der Waals surface area contributed by atoms with E-state index in [1.807, 2.05) is 56.3 Å². The number of carbonyl (C=O) groups is 1. The lowest BCUT2D eigenvalue weighted by Crippen LogP contribution is -2.20. The molecule has 2 aromatic carbocycles. The number of carbonyl (C=O) groups excluding carboxylic acids is 1. The normalized spacial score (nSPS) is 12.1. The van der Waals surface area contributed by atoms with Crippen molar-refractivity contribution < 1.29 is 4.79 Å². The average Bonchev–Trinajstić information content (AvgIpc) is 2.56. The molecule has 0 aliphatic rings. The van der Waals surface area contributed by atoms with Gasteiger partial charge in [0.05, 0.1) is 11.4 Å². The molecule has 0 saturated carbocycles. The Kier molecular flexibility index (Phi) is 4.47. The van der Waals surface area contributed by atoms with Crippen LogP contribution in [0, 0.1) is 6.92 Å². The van der Waals surface area contributed by atoms with Crippen LogP contribution in [0.15, 0.2) is 59.4 Å². The topological polar surface area (TPSA) is 62.0 Å². The van der Waals surface area contributed by atoms with Crippen LogP contribution in [0.4, 0.5) is 5.69 Å². The zero-order chi connectivity index (χ0) is 17.1. The van der Waals surface area contributed by atoms with Gasteiger partial charge in [-0.25, -0.2) is 0 Å². The molecular formula is C20H20N2O2. The second-order valence-corrected chi connectivity index (χ2v) is 5.94. The number of hydrogen-bond donors (Lipinski definition) is 2. The molecule has 0 spiro atoms. The van der Waals surface area contributed by atoms with E-state index >= 15 is 0 Å². The van der Waals surface area contributed by atoms with Gasteiger partial charge >= 0.3 is 0 Å². The van der Waals surface area contributed by atoms with Crippen molar-refractivity contribution in [1.29, 1.82) is 0 Å². The highest BCUT2D eigenvalue weighted by molar-refractivity contribution is 5.97. The summed E-state index contributed by atoms with van der Waals surface area (Å²) in [4.78, 5) is 27.1. The number of H-pyrrole nitrogens is 1. The van der Waals surface area contributed by atoms with Gasteiger partial charge in [0.1, 0.15) is 0 Å². The molecule has 4 heteroatoms. The summed E-state index contributed by atoms with van der Waals surface area (Å²) >= 11 is 0. The molecule has 3 rings (SSSR count). The minimum atomic E-state index is -0.196. The van der Waals surface area contributed by atoms with E-state index in [0.717, 1.165) is 28.5 Å². The van der Waals surface area contributed by atoms with Crippen LogP contribution in [0.1, 0.15) is 30.4 Å². The number of benzene rings is 2. The van der Waals surface area contributed by atoms with Crippen molar-refractivity contribution >= 4 is 22.5 Å². The third kappa shape index (κ3) is 3.23. The fourth-order valence-corrected chi connectivity index (χ4v) is 3.00. The highest BCUT2D eigenvalue weighted by Gasteiger charge is 2.18. The summed E-state index contributed by atoms with van der Waals surface area (Å²) in [7, 11) is 0. The van der Waals surface area contributed by atoms with Crippen molar-refractivity contribution in [2.75, 3.05) is 5.32 Å². The number of aromatic nitrogens is 1. The first-order valence-electron chi connectivity index (χ1n) is 8.08. The molecule has 1 amide bonds. The van der Waals surface area contributed by atoms with E-state index in [1.165, 1.54) is 0 Å². The molecule has 3 aromatic rings. The van der Waals surface area contributed by atoms with Crippen molar-refractivity contribution in [3.05, 3.63) is 76.1 Å². The van der Waals surface area contributed by atoms with Crippen molar-refractivity contribution in [3.63, 3.8) is 0 Å². The predicted molar refractivity (Wildman–Crippen MR) is 97.4 cm³/mol. The van der Waals surface area contributed by atoms with Gasteiger partial charge in [-0.15, -0.1) is 0 Å². The number of nitrogens with one attached hydrogen (secondary N) is 2. The minimum Gasteiger partial charge on any atom is -0.325 e. The lowest BCUT2D eigenvalue weighted by atomic mass is 9.95. The summed E-state index contributed by atoms with van der Waals surface area (Å²) in [5, 5.41) is 3.94.